The van der Waals surface area contributed by atoms with Crippen LogP contribution in [0.4, 0.5) is 8.78 Å². The SMILES string of the molecule is Fc1ccc(C(c2ccccc2)n2ccnc2)c(-c2ccccc2F)c1. The van der Waals surface area contributed by atoms with Crippen LogP contribution >= 0.6 is 0 Å². The van der Waals surface area contributed by atoms with Crippen molar-refractivity contribution >= 4 is 0 Å². The number of imidazole rings is 1. The average Bonchev–Trinajstić information content (AvgIpc) is 3.19. The van der Waals surface area contributed by atoms with Crippen LogP contribution in [0.3, 0.4) is 0 Å². The van der Waals surface area contributed by atoms with Gasteiger partial charge in [0.15, 0.2) is 0 Å². The van der Waals surface area contributed by atoms with Gasteiger partial charge >= 0.3 is 0 Å². The zero-order valence-electron chi connectivity index (χ0n) is 13.9. The van der Waals surface area contributed by atoms with Gasteiger partial charge in [0.25, 0.3) is 0 Å². The van der Waals surface area contributed by atoms with Crippen molar-refractivity contribution in [2.75, 3.05) is 0 Å². The highest BCUT2D eigenvalue weighted by molar-refractivity contribution is 5.69. The van der Waals surface area contributed by atoms with Crippen molar-refractivity contribution in [2.24, 2.45) is 0 Å². The fourth-order valence-electron chi connectivity index (χ4n) is 3.25. The first kappa shape index (κ1) is 16.2. The Balaban J connectivity index is 1.97. The summed E-state index contributed by atoms with van der Waals surface area (Å²) in [6.07, 6.45) is 5.26. The molecule has 3 aromatic carbocycles. The van der Waals surface area contributed by atoms with E-state index in [2.05, 4.69) is 4.98 Å². The second-order valence-electron chi connectivity index (χ2n) is 6.03. The molecule has 1 atom stereocenters. The smallest absolute Gasteiger partial charge is 0.131 e. The van der Waals surface area contributed by atoms with E-state index < -0.39 is 5.82 Å². The molecule has 128 valence electrons. The number of rotatable bonds is 4. The van der Waals surface area contributed by atoms with E-state index in [4.69, 9.17) is 0 Å². The minimum atomic E-state index is -0.399. The average molecular weight is 346 g/mol. The summed E-state index contributed by atoms with van der Waals surface area (Å²) in [6, 6.07) is 20.6. The molecule has 0 bridgehead atoms. The minimum Gasteiger partial charge on any atom is -0.326 e. The normalized spacial score (nSPS) is 12.1. The van der Waals surface area contributed by atoms with Gasteiger partial charge < -0.3 is 4.57 Å². The lowest BCUT2D eigenvalue weighted by Gasteiger charge is -2.23. The van der Waals surface area contributed by atoms with Crippen LogP contribution in [-0.4, -0.2) is 9.55 Å². The van der Waals surface area contributed by atoms with Gasteiger partial charge in [0.05, 0.1) is 12.4 Å². The monoisotopic (exact) mass is 346 g/mol. The van der Waals surface area contributed by atoms with Crippen molar-refractivity contribution < 1.29 is 8.78 Å². The van der Waals surface area contributed by atoms with Gasteiger partial charge in [-0.05, 0) is 34.9 Å². The molecule has 2 nitrogen and oxygen atoms in total. The molecule has 4 heteroatoms. The predicted molar refractivity (Wildman–Crippen MR) is 97.7 cm³/mol. The molecule has 0 radical (unpaired) electrons. The van der Waals surface area contributed by atoms with Crippen LogP contribution in [0.25, 0.3) is 11.1 Å². The zero-order chi connectivity index (χ0) is 17.9. The number of halogens is 2. The number of aromatic nitrogens is 2. The van der Waals surface area contributed by atoms with Gasteiger partial charge in [0, 0.05) is 18.0 Å². The summed E-state index contributed by atoms with van der Waals surface area (Å²) in [7, 11) is 0. The van der Waals surface area contributed by atoms with E-state index in [0.717, 1.165) is 11.1 Å². The maximum Gasteiger partial charge on any atom is 0.131 e. The fourth-order valence-corrected chi connectivity index (χ4v) is 3.25. The molecule has 4 rings (SSSR count). The van der Waals surface area contributed by atoms with E-state index in [0.29, 0.717) is 11.1 Å². The number of hydrogen-bond acceptors (Lipinski definition) is 1. The highest BCUT2D eigenvalue weighted by atomic mass is 19.1. The molecule has 0 saturated heterocycles. The number of hydrogen-bond donors (Lipinski definition) is 0. The van der Waals surface area contributed by atoms with Crippen LogP contribution < -0.4 is 0 Å². The van der Waals surface area contributed by atoms with Crippen LogP contribution in [0.5, 0.6) is 0 Å². The van der Waals surface area contributed by atoms with Gasteiger partial charge in [-0.1, -0.05) is 54.6 Å². The summed E-state index contributed by atoms with van der Waals surface area (Å²) in [5.74, 6) is -0.777. The van der Waals surface area contributed by atoms with Gasteiger partial charge in [0.2, 0.25) is 0 Å². The summed E-state index contributed by atoms with van der Waals surface area (Å²) in [6.45, 7) is 0. The molecule has 0 saturated carbocycles. The molecule has 26 heavy (non-hydrogen) atoms. The van der Waals surface area contributed by atoms with E-state index in [1.54, 1.807) is 36.8 Å². The molecule has 1 aromatic heterocycles. The molecular weight excluding hydrogens is 330 g/mol. The van der Waals surface area contributed by atoms with Gasteiger partial charge in [-0.2, -0.15) is 0 Å². The Kier molecular flexibility index (Phi) is 4.32. The van der Waals surface area contributed by atoms with Gasteiger partial charge in [0.1, 0.15) is 11.6 Å². The topological polar surface area (TPSA) is 17.8 Å². The highest BCUT2D eigenvalue weighted by Gasteiger charge is 2.21. The van der Waals surface area contributed by atoms with E-state index in [9.17, 15) is 8.78 Å². The molecule has 1 unspecified atom stereocenters. The largest absolute Gasteiger partial charge is 0.326 e. The first-order chi connectivity index (χ1) is 12.7. The highest BCUT2D eigenvalue weighted by Crippen LogP contribution is 2.36. The van der Waals surface area contributed by atoms with Crippen LogP contribution in [0.2, 0.25) is 0 Å². The van der Waals surface area contributed by atoms with Crippen molar-refractivity contribution in [3.8, 4) is 11.1 Å². The van der Waals surface area contributed by atoms with Crippen molar-refractivity contribution in [3.63, 3.8) is 0 Å². The maximum atomic E-state index is 14.5. The van der Waals surface area contributed by atoms with Crippen molar-refractivity contribution in [1.29, 1.82) is 0 Å². The molecule has 0 aliphatic rings. The summed E-state index contributed by atoms with van der Waals surface area (Å²) in [4.78, 5) is 4.15. The molecule has 0 aliphatic heterocycles. The maximum absolute atomic E-state index is 14.5. The zero-order valence-corrected chi connectivity index (χ0v) is 13.9. The van der Waals surface area contributed by atoms with Gasteiger partial charge in [-0.3, -0.25) is 0 Å². The van der Waals surface area contributed by atoms with Gasteiger partial charge in [-0.25, -0.2) is 13.8 Å². The molecule has 4 aromatic rings. The van der Waals surface area contributed by atoms with Crippen molar-refractivity contribution in [3.05, 3.63) is 114 Å². The lowest BCUT2D eigenvalue weighted by molar-refractivity contribution is 0.619. The predicted octanol–water partition coefficient (Wildman–Crippen LogP) is 5.47. The number of benzene rings is 3. The second kappa shape index (κ2) is 6.92. The molecule has 0 N–H and O–H groups in total. The first-order valence-electron chi connectivity index (χ1n) is 8.31. The lowest BCUT2D eigenvalue weighted by atomic mass is 9.90. The lowest BCUT2D eigenvalue weighted by Crippen LogP contribution is -2.12. The molecule has 0 aliphatic carbocycles. The van der Waals surface area contributed by atoms with Crippen molar-refractivity contribution in [2.45, 2.75) is 6.04 Å². The molecular formula is C22H16F2N2. The third-order valence-corrected chi connectivity index (χ3v) is 4.41. The molecule has 0 amide bonds. The number of nitrogens with zero attached hydrogens (tertiary/aromatic N) is 2. The quantitative estimate of drug-likeness (QED) is 0.479. The van der Waals surface area contributed by atoms with Crippen molar-refractivity contribution in [1.82, 2.24) is 9.55 Å². The Hall–Kier alpha value is -3.27. The third-order valence-electron chi connectivity index (χ3n) is 4.41. The Morgan fingerprint density at radius 2 is 1.58 bits per heavy atom. The van der Waals surface area contributed by atoms with Crippen LogP contribution in [-0.2, 0) is 0 Å². The van der Waals surface area contributed by atoms with E-state index in [1.165, 1.54) is 18.2 Å². The van der Waals surface area contributed by atoms with Crippen LogP contribution in [0.1, 0.15) is 17.2 Å². The standard InChI is InChI=1S/C22H16F2N2/c23-17-10-11-19(20(14-17)18-8-4-5-9-21(18)24)22(26-13-12-25-15-26)16-6-2-1-3-7-16/h1-15,22H. The first-order valence-corrected chi connectivity index (χ1v) is 8.31. The summed E-state index contributed by atoms with van der Waals surface area (Å²) in [5, 5.41) is 0. The second-order valence-corrected chi connectivity index (χ2v) is 6.03. The van der Waals surface area contributed by atoms with E-state index >= 15 is 0 Å². The van der Waals surface area contributed by atoms with E-state index in [1.807, 2.05) is 41.1 Å². The molecule has 0 fully saturated rings. The summed E-state index contributed by atoms with van der Waals surface area (Å²) in [5.41, 5.74) is 2.73. The third kappa shape index (κ3) is 3.02. The summed E-state index contributed by atoms with van der Waals surface area (Å²) < 4.78 is 30.4. The fraction of sp³-hybridized carbons (Fsp3) is 0.0455. The van der Waals surface area contributed by atoms with Crippen LogP contribution in [0, 0.1) is 11.6 Å². The molecule has 1 heterocycles. The van der Waals surface area contributed by atoms with Gasteiger partial charge in [-0.15, -0.1) is 0 Å². The molecule has 0 spiro atoms. The minimum absolute atomic E-state index is 0.242. The Bertz CT molecular complexity index is 1010. The Morgan fingerprint density at radius 3 is 2.31 bits per heavy atom. The van der Waals surface area contributed by atoms with E-state index in [-0.39, 0.29) is 11.9 Å². The Labute approximate surface area is 150 Å². The summed E-state index contributed by atoms with van der Waals surface area (Å²) >= 11 is 0. The van der Waals surface area contributed by atoms with Crippen LogP contribution in [0.15, 0.2) is 91.5 Å². The Morgan fingerprint density at radius 1 is 0.808 bits per heavy atom.